The quantitative estimate of drug-likeness (QED) is 0.860. The summed E-state index contributed by atoms with van der Waals surface area (Å²) in [5.41, 5.74) is 6.79. The van der Waals surface area contributed by atoms with E-state index in [-0.39, 0.29) is 11.9 Å². The zero-order valence-corrected chi connectivity index (χ0v) is 12.0. The van der Waals surface area contributed by atoms with Crippen LogP contribution < -0.4 is 20.5 Å². The Morgan fingerprint density at radius 3 is 2.75 bits per heavy atom. The van der Waals surface area contributed by atoms with Crippen molar-refractivity contribution in [3.8, 4) is 11.5 Å². The molecular weight excluding hydrogens is 256 g/mol. The highest BCUT2D eigenvalue weighted by Crippen LogP contribution is 2.32. The van der Waals surface area contributed by atoms with Crippen LogP contribution in [-0.4, -0.2) is 25.2 Å². The zero-order valence-electron chi connectivity index (χ0n) is 12.0. The topological polar surface area (TPSA) is 73.6 Å². The molecule has 110 valence electrons. The number of ether oxygens (including phenoxy) is 2. The highest BCUT2D eigenvalue weighted by atomic mass is 16.6. The van der Waals surface area contributed by atoms with Crippen molar-refractivity contribution < 1.29 is 14.3 Å². The number of hydrogen-bond acceptors (Lipinski definition) is 4. The van der Waals surface area contributed by atoms with Crippen LogP contribution in [-0.2, 0) is 4.79 Å². The van der Waals surface area contributed by atoms with Gasteiger partial charge in [0, 0.05) is 0 Å². The first-order valence-corrected chi connectivity index (χ1v) is 7.07. The van der Waals surface area contributed by atoms with E-state index in [1.807, 2.05) is 32.0 Å². The van der Waals surface area contributed by atoms with Gasteiger partial charge in [-0.25, -0.2) is 0 Å². The van der Waals surface area contributed by atoms with Crippen LogP contribution in [0.15, 0.2) is 18.2 Å². The number of hydrogen-bond donors (Lipinski definition) is 2. The Hall–Kier alpha value is -1.75. The number of rotatable bonds is 5. The van der Waals surface area contributed by atoms with Crippen molar-refractivity contribution in [3.05, 3.63) is 23.8 Å². The molecule has 0 radical (unpaired) electrons. The largest absolute Gasteiger partial charge is 0.486 e. The van der Waals surface area contributed by atoms with Gasteiger partial charge in [-0.1, -0.05) is 19.4 Å². The molecule has 1 unspecified atom stereocenters. The molecule has 3 N–H and O–H groups in total. The summed E-state index contributed by atoms with van der Waals surface area (Å²) in [4.78, 5) is 11.9. The fraction of sp³-hybridized carbons (Fsp3) is 0.533. The summed E-state index contributed by atoms with van der Waals surface area (Å²) in [7, 11) is 0. The molecule has 1 aliphatic rings. The summed E-state index contributed by atoms with van der Waals surface area (Å²) in [6.07, 6.45) is 1.59. The Morgan fingerprint density at radius 1 is 1.35 bits per heavy atom. The van der Waals surface area contributed by atoms with Gasteiger partial charge >= 0.3 is 0 Å². The van der Waals surface area contributed by atoms with Crippen LogP contribution in [0.1, 0.15) is 38.3 Å². The Morgan fingerprint density at radius 2 is 2.05 bits per heavy atom. The van der Waals surface area contributed by atoms with E-state index in [1.54, 1.807) is 0 Å². The lowest BCUT2D eigenvalue weighted by molar-refractivity contribution is -0.123. The molecule has 5 nitrogen and oxygen atoms in total. The van der Waals surface area contributed by atoms with E-state index < -0.39 is 6.04 Å². The Bertz CT molecular complexity index is 476. The molecule has 0 saturated carbocycles. The van der Waals surface area contributed by atoms with E-state index in [2.05, 4.69) is 5.32 Å². The third-order valence-corrected chi connectivity index (χ3v) is 3.36. The minimum Gasteiger partial charge on any atom is -0.486 e. The van der Waals surface area contributed by atoms with E-state index in [0.29, 0.717) is 19.6 Å². The molecule has 20 heavy (non-hydrogen) atoms. The molecule has 2 atom stereocenters. The van der Waals surface area contributed by atoms with Crippen LogP contribution in [0.4, 0.5) is 0 Å². The van der Waals surface area contributed by atoms with Gasteiger partial charge in [-0.3, -0.25) is 4.79 Å². The lowest BCUT2D eigenvalue weighted by Crippen LogP contribution is -2.41. The number of benzene rings is 1. The molecule has 0 fully saturated rings. The van der Waals surface area contributed by atoms with E-state index >= 15 is 0 Å². The SMILES string of the molecule is CCC[C@@H](N)C(=O)NC(C)c1ccc2c(c1)OCCO2. The second kappa shape index (κ2) is 6.61. The number of nitrogens with one attached hydrogen (secondary N) is 1. The predicted molar refractivity (Wildman–Crippen MR) is 76.9 cm³/mol. The van der Waals surface area contributed by atoms with Crippen molar-refractivity contribution in [1.82, 2.24) is 5.32 Å². The summed E-state index contributed by atoms with van der Waals surface area (Å²) < 4.78 is 11.0. The summed E-state index contributed by atoms with van der Waals surface area (Å²) in [5.74, 6) is 1.36. The number of fused-ring (bicyclic) bond motifs is 1. The van der Waals surface area contributed by atoms with Crippen molar-refractivity contribution in [2.24, 2.45) is 5.73 Å². The Balaban J connectivity index is 2.02. The van der Waals surface area contributed by atoms with Crippen LogP contribution in [0.25, 0.3) is 0 Å². The first-order chi connectivity index (χ1) is 9.61. The smallest absolute Gasteiger partial charge is 0.237 e. The molecule has 0 bridgehead atoms. The highest BCUT2D eigenvalue weighted by Gasteiger charge is 2.18. The third-order valence-electron chi connectivity index (χ3n) is 3.36. The normalized spacial score (nSPS) is 16.4. The average Bonchev–Trinajstić information content (AvgIpc) is 2.46. The fourth-order valence-corrected chi connectivity index (χ4v) is 2.18. The second-order valence-corrected chi connectivity index (χ2v) is 5.03. The van der Waals surface area contributed by atoms with Crippen LogP contribution in [0.5, 0.6) is 11.5 Å². The van der Waals surface area contributed by atoms with Gasteiger partial charge in [0.05, 0.1) is 12.1 Å². The van der Waals surface area contributed by atoms with Gasteiger partial charge in [0.1, 0.15) is 13.2 Å². The van der Waals surface area contributed by atoms with Gasteiger partial charge < -0.3 is 20.5 Å². The lowest BCUT2D eigenvalue weighted by Gasteiger charge is -2.22. The van der Waals surface area contributed by atoms with Gasteiger partial charge in [-0.2, -0.15) is 0 Å². The maximum Gasteiger partial charge on any atom is 0.237 e. The summed E-state index contributed by atoms with van der Waals surface area (Å²) in [6.45, 7) is 5.07. The Kier molecular flexibility index (Phi) is 4.84. The van der Waals surface area contributed by atoms with E-state index in [0.717, 1.165) is 23.5 Å². The molecule has 0 aliphatic carbocycles. The van der Waals surface area contributed by atoms with Crippen molar-refractivity contribution in [1.29, 1.82) is 0 Å². The van der Waals surface area contributed by atoms with Gasteiger partial charge in [-0.05, 0) is 31.0 Å². The second-order valence-electron chi connectivity index (χ2n) is 5.03. The number of carbonyl (C=O) groups is 1. The molecule has 1 aliphatic heterocycles. The standard InChI is InChI=1S/C15H22N2O3/c1-3-4-12(16)15(18)17-10(2)11-5-6-13-14(9-11)20-8-7-19-13/h5-6,9-10,12H,3-4,7-8,16H2,1-2H3,(H,17,18)/t10?,12-/m1/s1. The highest BCUT2D eigenvalue weighted by molar-refractivity contribution is 5.81. The van der Waals surface area contributed by atoms with E-state index in [1.165, 1.54) is 0 Å². The molecule has 0 saturated heterocycles. The average molecular weight is 278 g/mol. The first-order valence-electron chi connectivity index (χ1n) is 7.07. The molecule has 0 aromatic heterocycles. The monoisotopic (exact) mass is 278 g/mol. The maximum atomic E-state index is 11.9. The van der Waals surface area contributed by atoms with Crippen molar-refractivity contribution in [3.63, 3.8) is 0 Å². The summed E-state index contributed by atoms with van der Waals surface area (Å²) >= 11 is 0. The molecular formula is C15H22N2O3. The lowest BCUT2D eigenvalue weighted by atomic mass is 10.1. The van der Waals surface area contributed by atoms with Crippen LogP contribution in [0.2, 0.25) is 0 Å². The molecule has 0 spiro atoms. The molecule has 1 amide bonds. The fourth-order valence-electron chi connectivity index (χ4n) is 2.18. The zero-order chi connectivity index (χ0) is 14.5. The minimum atomic E-state index is -0.445. The van der Waals surface area contributed by atoms with E-state index in [4.69, 9.17) is 15.2 Å². The van der Waals surface area contributed by atoms with Gasteiger partial charge in [0.15, 0.2) is 11.5 Å². The molecule has 1 heterocycles. The van der Waals surface area contributed by atoms with Crippen molar-refractivity contribution >= 4 is 5.91 Å². The van der Waals surface area contributed by atoms with Crippen molar-refractivity contribution in [2.45, 2.75) is 38.8 Å². The molecule has 2 rings (SSSR count). The van der Waals surface area contributed by atoms with Crippen molar-refractivity contribution in [2.75, 3.05) is 13.2 Å². The van der Waals surface area contributed by atoms with Crippen LogP contribution >= 0.6 is 0 Å². The van der Waals surface area contributed by atoms with E-state index in [9.17, 15) is 4.79 Å². The number of carbonyl (C=O) groups excluding carboxylic acids is 1. The van der Waals surface area contributed by atoms with Crippen LogP contribution in [0.3, 0.4) is 0 Å². The van der Waals surface area contributed by atoms with Crippen LogP contribution in [0, 0.1) is 0 Å². The molecule has 1 aromatic carbocycles. The predicted octanol–water partition coefficient (Wildman–Crippen LogP) is 1.76. The maximum absolute atomic E-state index is 11.9. The Labute approximate surface area is 119 Å². The van der Waals surface area contributed by atoms with Gasteiger partial charge in [0.2, 0.25) is 5.91 Å². The number of amides is 1. The number of nitrogens with two attached hydrogens (primary N) is 1. The van der Waals surface area contributed by atoms with Gasteiger partial charge in [-0.15, -0.1) is 0 Å². The third kappa shape index (κ3) is 3.42. The summed E-state index contributed by atoms with van der Waals surface area (Å²) in [6, 6.07) is 5.16. The first kappa shape index (κ1) is 14.7. The molecule has 1 aromatic rings. The van der Waals surface area contributed by atoms with Gasteiger partial charge in [0.25, 0.3) is 0 Å². The minimum absolute atomic E-state index is 0.110. The molecule has 5 heteroatoms. The summed E-state index contributed by atoms with van der Waals surface area (Å²) in [5, 5.41) is 2.93.